The number of ether oxygens (including phenoxy) is 1. The zero-order valence-corrected chi connectivity index (χ0v) is 13.2. The van der Waals surface area contributed by atoms with Gasteiger partial charge in [-0.2, -0.15) is 0 Å². The van der Waals surface area contributed by atoms with E-state index in [0.29, 0.717) is 11.1 Å². The molecule has 134 valence electrons. The van der Waals surface area contributed by atoms with E-state index in [2.05, 4.69) is 0 Å². The second-order valence-corrected chi connectivity index (χ2v) is 5.23. The van der Waals surface area contributed by atoms with E-state index in [1.54, 1.807) is 24.3 Å². The summed E-state index contributed by atoms with van der Waals surface area (Å²) >= 11 is 0. The lowest BCUT2D eigenvalue weighted by Gasteiger charge is -2.08. The maximum Gasteiger partial charge on any atom is 0.420 e. The van der Waals surface area contributed by atoms with Crippen LogP contribution in [-0.2, 0) is 20.9 Å². The van der Waals surface area contributed by atoms with Crippen LogP contribution in [0.1, 0.15) is 0 Å². The number of rotatable bonds is 5. The summed E-state index contributed by atoms with van der Waals surface area (Å²) in [7, 11) is 0. The maximum absolute atomic E-state index is 13.4. The summed E-state index contributed by atoms with van der Waals surface area (Å²) in [6.07, 6.45) is 0. The summed E-state index contributed by atoms with van der Waals surface area (Å²) in [6, 6.07) is 9.57. The molecule has 0 spiro atoms. The van der Waals surface area contributed by atoms with E-state index in [0.717, 1.165) is 22.8 Å². The van der Waals surface area contributed by atoms with E-state index < -0.39 is 48.1 Å². The summed E-state index contributed by atoms with van der Waals surface area (Å²) in [5.74, 6) is -4.47. The lowest BCUT2D eigenvalue weighted by atomic mass is 10.3. The number of halogens is 2. The number of aromatic nitrogens is 1. The van der Waals surface area contributed by atoms with Crippen molar-refractivity contribution in [1.82, 2.24) is 4.57 Å². The van der Waals surface area contributed by atoms with Crippen LogP contribution in [0.2, 0.25) is 0 Å². The third-order valence-electron chi connectivity index (χ3n) is 3.45. The molecule has 1 amide bonds. The van der Waals surface area contributed by atoms with Crippen LogP contribution in [0.5, 0.6) is 0 Å². The number of hydrogen-bond donors (Lipinski definition) is 1. The summed E-state index contributed by atoms with van der Waals surface area (Å²) in [4.78, 5) is 35.3. The number of nitrogens with zero attached hydrogens (tertiary/aromatic N) is 1. The van der Waals surface area contributed by atoms with Gasteiger partial charge in [0.15, 0.2) is 12.2 Å². The predicted molar refractivity (Wildman–Crippen MR) is 86.4 cm³/mol. The molecule has 0 aliphatic carbocycles. The molecule has 0 aliphatic rings. The summed E-state index contributed by atoms with van der Waals surface area (Å²) in [6.45, 7) is -1.24. The van der Waals surface area contributed by atoms with E-state index in [4.69, 9.17) is 9.15 Å². The molecule has 1 heterocycles. The average Bonchev–Trinajstić information content (AvgIpc) is 2.92. The van der Waals surface area contributed by atoms with E-state index >= 15 is 0 Å². The third-order valence-corrected chi connectivity index (χ3v) is 3.45. The standard InChI is InChI=1S/C17H12F2N2O5/c18-10-4-3-5-11(19)16(10)20-14(22)9-25-15(23)8-21-12-6-1-2-7-13(12)26-17(21)24/h1-7H,8-9H2,(H,20,22). The van der Waals surface area contributed by atoms with Crippen LogP contribution < -0.4 is 11.1 Å². The van der Waals surface area contributed by atoms with Crippen molar-refractivity contribution in [2.75, 3.05) is 11.9 Å². The van der Waals surface area contributed by atoms with Gasteiger partial charge in [-0.25, -0.2) is 13.6 Å². The second-order valence-electron chi connectivity index (χ2n) is 5.23. The Kier molecular flexibility index (Phi) is 4.78. The molecule has 26 heavy (non-hydrogen) atoms. The van der Waals surface area contributed by atoms with Crippen molar-refractivity contribution in [2.24, 2.45) is 0 Å². The highest BCUT2D eigenvalue weighted by molar-refractivity contribution is 5.93. The minimum absolute atomic E-state index is 0.304. The van der Waals surface area contributed by atoms with Crippen LogP contribution in [-0.4, -0.2) is 23.1 Å². The van der Waals surface area contributed by atoms with Crippen LogP contribution >= 0.6 is 0 Å². The SMILES string of the molecule is O=C(COC(=O)Cn1c(=O)oc2ccccc21)Nc1c(F)cccc1F. The van der Waals surface area contributed by atoms with Gasteiger partial charge in [0, 0.05) is 0 Å². The molecule has 0 bridgehead atoms. The molecular formula is C17H12F2N2O5. The molecule has 0 saturated heterocycles. The minimum atomic E-state index is -0.957. The highest BCUT2D eigenvalue weighted by Gasteiger charge is 2.16. The molecule has 0 atom stereocenters. The Morgan fingerprint density at radius 2 is 1.77 bits per heavy atom. The van der Waals surface area contributed by atoms with Gasteiger partial charge >= 0.3 is 11.7 Å². The van der Waals surface area contributed by atoms with E-state index in [1.165, 1.54) is 0 Å². The van der Waals surface area contributed by atoms with Gasteiger partial charge in [0.1, 0.15) is 23.9 Å². The van der Waals surface area contributed by atoms with Crippen molar-refractivity contribution in [2.45, 2.75) is 6.54 Å². The number of oxazole rings is 1. The number of anilines is 1. The molecule has 9 heteroatoms. The maximum atomic E-state index is 13.4. The van der Waals surface area contributed by atoms with Gasteiger partial charge in [-0.15, -0.1) is 0 Å². The molecule has 0 fully saturated rings. The number of hydrogen-bond acceptors (Lipinski definition) is 5. The quantitative estimate of drug-likeness (QED) is 0.702. The summed E-state index contributed by atoms with van der Waals surface area (Å²) < 4.78 is 37.6. The Labute approximate surface area is 144 Å². The molecule has 0 aliphatic heterocycles. The van der Waals surface area contributed by atoms with Gasteiger partial charge in [0.2, 0.25) is 0 Å². The molecule has 0 saturated carbocycles. The smallest absolute Gasteiger partial charge is 0.420 e. The number of esters is 1. The molecule has 7 nitrogen and oxygen atoms in total. The van der Waals surface area contributed by atoms with Gasteiger partial charge < -0.3 is 14.5 Å². The lowest BCUT2D eigenvalue weighted by Crippen LogP contribution is -2.26. The number of para-hydroxylation sites is 3. The largest absolute Gasteiger partial charge is 0.454 e. The Morgan fingerprint density at radius 3 is 2.50 bits per heavy atom. The summed E-state index contributed by atoms with van der Waals surface area (Å²) in [5, 5.41) is 1.98. The Hall–Kier alpha value is -3.49. The fourth-order valence-electron chi connectivity index (χ4n) is 2.28. The monoisotopic (exact) mass is 362 g/mol. The van der Waals surface area contributed by atoms with Crippen LogP contribution in [0.4, 0.5) is 14.5 Å². The minimum Gasteiger partial charge on any atom is -0.454 e. The van der Waals surface area contributed by atoms with Crippen LogP contribution in [0.3, 0.4) is 0 Å². The molecular weight excluding hydrogens is 350 g/mol. The Balaban J connectivity index is 1.61. The van der Waals surface area contributed by atoms with Crippen molar-refractivity contribution < 1.29 is 27.5 Å². The number of nitrogens with one attached hydrogen (secondary N) is 1. The number of carbonyl (C=O) groups is 2. The average molecular weight is 362 g/mol. The van der Waals surface area contributed by atoms with Gasteiger partial charge in [-0.3, -0.25) is 14.2 Å². The third kappa shape index (κ3) is 3.61. The van der Waals surface area contributed by atoms with Gasteiger partial charge in [0.25, 0.3) is 5.91 Å². The Morgan fingerprint density at radius 1 is 1.08 bits per heavy atom. The molecule has 0 unspecified atom stereocenters. The van der Waals surface area contributed by atoms with E-state index in [-0.39, 0.29) is 0 Å². The molecule has 0 radical (unpaired) electrons. The number of benzene rings is 2. The fraction of sp³-hybridized carbons (Fsp3) is 0.118. The first-order valence-corrected chi connectivity index (χ1v) is 7.43. The van der Waals surface area contributed by atoms with Crippen molar-refractivity contribution in [1.29, 1.82) is 0 Å². The highest BCUT2D eigenvalue weighted by Crippen LogP contribution is 2.17. The van der Waals surface area contributed by atoms with Gasteiger partial charge in [-0.05, 0) is 24.3 Å². The Bertz CT molecular complexity index is 1020. The number of carbonyl (C=O) groups excluding carboxylic acids is 2. The van der Waals surface area contributed by atoms with Crippen LogP contribution in [0.15, 0.2) is 51.7 Å². The molecule has 1 aromatic heterocycles. The first-order chi connectivity index (χ1) is 12.5. The molecule has 1 N–H and O–H groups in total. The van der Waals surface area contributed by atoms with Crippen molar-refractivity contribution in [3.8, 4) is 0 Å². The molecule has 3 rings (SSSR count). The number of fused-ring (bicyclic) bond motifs is 1. The first-order valence-electron chi connectivity index (χ1n) is 7.43. The zero-order chi connectivity index (χ0) is 18.7. The van der Waals surface area contributed by atoms with Gasteiger partial charge in [-0.1, -0.05) is 18.2 Å². The van der Waals surface area contributed by atoms with Crippen LogP contribution in [0, 0.1) is 11.6 Å². The van der Waals surface area contributed by atoms with Crippen molar-refractivity contribution in [3.05, 3.63) is 64.6 Å². The fourth-order valence-corrected chi connectivity index (χ4v) is 2.28. The topological polar surface area (TPSA) is 90.5 Å². The number of amides is 1. The zero-order valence-electron chi connectivity index (χ0n) is 13.2. The predicted octanol–water partition coefficient (Wildman–Crippen LogP) is 2.05. The van der Waals surface area contributed by atoms with Crippen molar-refractivity contribution in [3.63, 3.8) is 0 Å². The normalized spacial score (nSPS) is 10.7. The summed E-state index contributed by atoms with van der Waals surface area (Å²) in [5.41, 5.74) is 0.0657. The van der Waals surface area contributed by atoms with Crippen LogP contribution in [0.25, 0.3) is 11.1 Å². The second kappa shape index (κ2) is 7.18. The first kappa shape index (κ1) is 17.3. The van der Waals surface area contributed by atoms with Crippen molar-refractivity contribution >= 4 is 28.7 Å². The molecule has 3 aromatic rings. The molecule has 2 aromatic carbocycles. The van der Waals surface area contributed by atoms with Gasteiger partial charge in [0.05, 0.1) is 5.52 Å². The lowest BCUT2D eigenvalue weighted by molar-refractivity contribution is -0.147. The van der Waals surface area contributed by atoms with E-state index in [9.17, 15) is 23.2 Å². The van der Waals surface area contributed by atoms with E-state index in [1.807, 2.05) is 5.32 Å². The highest BCUT2D eigenvalue weighted by atomic mass is 19.1.